The van der Waals surface area contributed by atoms with Crippen molar-refractivity contribution in [3.8, 4) is 5.69 Å². The molecule has 4 aromatic rings. The lowest BCUT2D eigenvalue weighted by Gasteiger charge is -2.28. The van der Waals surface area contributed by atoms with Crippen LogP contribution < -0.4 is 10.6 Å². The summed E-state index contributed by atoms with van der Waals surface area (Å²) in [5.41, 5.74) is 8.80. The van der Waals surface area contributed by atoms with Crippen LogP contribution in [0, 0.1) is 20.8 Å². The van der Waals surface area contributed by atoms with E-state index < -0.39 is 0 Å². The first kappa shape index (κ1) is 26.6. The lowest BCUT2D eigenvalue weighted by Crippen LogP contribution is -2.33. The van der Waals surface area contributed by atoms with Gasteiger partial charge in [-0.25, -0.2) is 0 Å². The highest BCUT2D eigenvalue weighted by Gasteiger charge is 2.41. The Kier molecular flexibility index (Phi) is 7.79. The van der Waals surface area contributed by atoms with Gasteiger partial charge >= 0.3 is 0 Å². The van der Waals surface area contributed by atoms with Crippen molar-refractivity contribution in [1.29, 1.82) is 0 Å². The fourth-order valence-corrected chi connectivity index (χ4v) is 5.97. The molecule has 2 N–H and O–H groups in total. The van der Waals surface area contributed by atoms with Crippen LogP contribution in [0.5, 0.6) is 0 Å². The quantitative estimate of drug-likeness (QED) is 0.256. The van der Waals surface area contributed by atoms with E-state index in [-0.39, 0.29) is 18.0 Å². The number of rotatable bonds is 8. The van der Waals surface area contributed by atoms with E-state index in [0.717, 1.165) is 34.8 Å². The lowest BCUT2D eigenvalue weighted by molar-refractivity contribution is -0.116. The van der Waals surface area contributed by atoms with Crippen molar-refractivity contribution in [3.63, 3.8) is 0 Å². The molecule has 1 aliphatic heterocycles. The van der Waals surface area contributed by atoms with E-state index in [9.17, 15) is 4.79 Å². The smallest absolute Gasteiger partial charge is 0.226 e. The van der Waals surface area contributed by atoms with Gasteiger partial charge in [0.25, 0.3) is 0 Å². The number of anilines is 1. The number of hydrogen-bond donors (Lipinski definition) is 2. The normalized spacial score (nSPS) is 16.8. The van der Waals surface area contributed by atoms with Gasteiger partial charge in [0.05, 0.1) is 17.8 Å². The van der Waals surface area contributed by atoms with Gasteiger partial charge in [-0.1, -0.05) is 49.4 Å². The molecule has 0 aliphatic carbocycles. The number of carbonyl (C=O) groups is 1. The van der Waals surface area contributed by atoms with Crippen molar-refractivity contribution in [3.05, 3.63) is 113 Å². The van der Waals surface area contributed by atoms with E-state index >= 15 is 0 Å². The Hall–Kier alpha value is -3.97. The molecule has 6 nitrogen and oxygen atoms in total. The second kappa shape index (κ2) is 11.4. The zero-order chi connectivity index (χ0) is 27.5. The molecular formula is C32H35N5OS. The highest BCUT2D eigenvalue weighted by atomic mass is 32.1. The molecule has 0 unspecified atom stereocenters. The molecule has 0 spiro atoms. The predicted octanol–water partition coefficient (Wildman–Crippen LogP) is 6.36. The number of amides is 1. The zero-order valence-electron chi connectivity index (χ0n) is 22.9. The number of thiocarbonyl (C=S) groups is 1. The van der Waals surface area contributed by atoms with Crippen molar-refractivity contribution >= 4 is 28.9 Å². The number of benzene rings is 2. The number of pyridine rings is 1. The molecule has 1 amide bonds. The molecule has 1 fully saturated rings. The minimum absolute atomic E-state index is 0.0240. The Labute approximate surface area is 236 Å². The lowest BCUT2D eigenvalue weighted by atomic mass is 9.96. The minimum atomic E-state index is -0.131. The average Bonchev–Trinajstić information content (AvgIpc) is 3.42. The number of aromatic nitrogens is 2. The van der Waals surface area contributed by atoms with Crippen molar-refractivity contribution in [2.45, 2.75) is 52.6 Å². The summed E-state index contributed by atoms with van der Waals surface area (Å²) >= 11 is 5.86. The monoisotopic (exact) mass is 537 g/mol. The molecule has 3 heterocycles. The van der Waals surface area contributed by atoms with Crippen LogP contribution in [-0.2, 0) is 11.2 Å². The van der Waals surface area contributed by atoms with Gasteiger partial charge < -0.3 is 20.1 Å². The first-order valence-electron chi connectivity index (χ1n) is 13.5. The van der Waals surface area contributed by atoms with Gasteiger partial charge in [-0.3, -0.25) is 9.78 Å². The average molecular weight is 538 g/mol. The third-order valence-corrected chi connectivity index (χ3v) is 7.95. The summed E-state index contributed by atoms with van der Waals surface area (Å²) in [6, 6.07) is 24.4. The maximum atomic E-state index is 13.1. The molecule has 200 valence electrons. The van der Waals surface area contributed by atoms with Crippen LogP contribution in [0.4, 0.5) is 5.69 Å². The number of carbonyl (C=O) groups excluding carboxylic acids is 1. The Morgan fingerprint density at radius 2 is 1.77 bits per heavy atom. The summed E-state index contributed by atoms with van der Waals surface area (Å²) in [6.45, 7) is 9.03. The van der Waals surface area contributed by atoms with Gasteiger partial charge in [0, 0.05) is 41.9 Å². The van der Waals surface area contributed by atoms with Crippen LogP contribution in [0.2, 0.25) is 0 Å². The molecule has 1 saturated heterocycles. The van der Waals surface area contributed by atoms with Gasteiger partial charge in [0.1, 0.15) is 0 Å². The van der Waals surface area contributed by atoms with Gasteiger partial charge in [-0.15, -0.1) is 0 Å². The minimum Gasteiger partial charge on any atom is -0.352 e. The Bertz CT molecular complexity index is 1500. The van der Waals surface area contributed by atoms with E-state index in [1.807, 2.05) is 48.7 Å². The van der Waals surface area contributed by atoms with Crippen molar-refractivity contribution in [1.82, 2.24) is 19.8 Å². The summed E-state index contributed by atoms with van der Waals surface area (Å²) in [5, 5.41) is 7.26. The number of para-hydroxylation sites is 2. The van der Waals surface area contributed by atoms with Crippen LogP contribution in [0.25, 0.3) is 5.69 Å². The Morgan fingerprint density at radius 1 is 1.03 bits per heavy atom. The molecule has 39 heavy (non-hydrogen) atoms. The maximum Gasteiger partial charge on any atom is 0.226 e. The molecule has 0 radical (unpaired) electrons. The summed E-state index contributed by atoms with van der Waals surface area (Å²) in [6.07, 6.45) is 3.00. The zero-order valence-corrected chi connectivity index (χ0v) is 23.8. The van der Waals surface area contributed by atoms with E-state index in [0.29, 0.717) is 18.1 Å². The van der Waals surface area contributed by atoms with Crippen molar-refractivity contribution < 1.29 is 4.79 Å². The fourth-order valence-electron chi connectivity index (χ4n) is 5.64. The Morgan fingerprint density at radius 3 is 2.51 bits per heavy atom. The largest absolute Gasteiger partial charge is 0.352 e. The molecule has 2 atom stereocenters. The van der Waals surface area contributed by atoms with Crippen LogP contribution in [0.15, 0.2) is 79.0 Å². The molecular weight excluding hydrogens is 502 g/mol. The van der Waals surface area contributed by atoms with E-state index in [1.165, 1.54) is 16.8 Å². The fraction of sp³-hybridized carbons (Fsp3) is 0.281. The first-order valence-corrected chi connectivity index (χ1v) is 13.9. The summed E-state index contributed by atoms with van der Waals surface area (Å²) in [5.74, 6) is -0.0240. The number of hydrogen-bond acceptors (Lipinski definition) is 3. The molecule has 5 rings (SSSR count). The first-order chi connectivity index (χ1) is 18.9. The van der Waals surface area contributed by atoms with Crippen molar-refractivity contribution in [2.75, 3.05) is 11.9 Å². The summed E-state index contributed by atoms with van der Waals surface area (Å²) < 4.78 is 2.31. The highest BCUT2D eigenvalue weighted by molar-refractivity contribution is 7.80. The molecule has 0 bridgehead atoms. The van der Waals surface area contributed by atoms with E-state index in [1.54, 1.807) is 0 Å². The Balaban J connectivity index is 1.47. The number of nitrogens with one attached hydrogen (secondary N) is 2. The molecule has 0 saturated carbocycles. The van der Waals surface area contributed by atoms with Crippen LogP contribution >= 0.6 is 12.2 Å². The standard InChI is InChI=1S/C32H35N5OS/c1-5-24-13-7-8-14-26(24)34-29(38)17-19-36-31(30(35-32(36)39)27-15-10-11-18-33-27)25-20-22(3)37(23(25)4)28-16-9-6-12-21(28)2/h6-16,18,20,30-31H,5,17,19H2,1-4H3,(H,34,38)(H,35,39)/t30-,31-/m1/s1. The third-order valence-electron chi connectivity index (χ3n) is 7.60. The second-order valence-corrected chi connectivity index (χ2v) is 10.5. The predicted molar refractivity (Wildman–Crippen MR) is 161 cm³/mol. The van der Waals surface area contributed by atoms with Crippen molar-refractivity contribution in [2.24, 2.45) is 0 Å². The number of aryl methyl sites for hydroxylation is 3. The van der Waals surface area contributed by atoms with Gasteiger partial charge in [-0.2, -0.15) is 0 Å². The summed E-state index contributed by atoms with van der Waals surface area (Å²) in [4.78, 5) is 19.9. The highest BCUT2D eigenvalue weighted by Crippen LogP contribution is 2.41. The molecule has 2 aromatic heterocycles. The maximum absolute atomic E-state index is 13.1. The van der Waals surface area contributed by atoms with Crippen LogP contribution in [0.3, 0.4) is 0 Å². The second-order valence-electron chi connectivity index (χ2n) is 10.1. The molecule has 1 aliphatic rings. The number of nitrogens with zero attached hydrogens (tertiary/aromatic N) is 3. The third kappa shape index (κ3) is 5.32. The van der Waals surface area contributed by atoms with Gasteiger partial charge in [0.15, 0.2) is 5.11 Å². The molecule has 7 heteroatoms. The van der Waals surface area contributed by atoms with E-state index in [2.05, 4.69) is 83.1 Å². The van der Waals surface area contributed by atoms with Crippen LogP contribution in [0.1, 0.15) is 59.2 Å². The topological polar surface area (TPSA) is 62.2 Å². The SMILES string of the molecule is CCc1ccccc1NC(=O)CCN1C(=S)N[C@H](c2ccccn2)[C@H]1c1cc(C)n(-c2ccccc2C)c1C. The van der Waals surface area contributed by atoms with Gasteiger partial charge in [0.2, 0.25) is 5.91 Å². The van der Waals surface area contributed by atoms with Crippen LogP contribution in [-0.4, -0.2) is 32.0 Å². The van der Waals surface area contributed by atoms with E-state index in [4.69, 9.17) is 12.2 Å². The molecule has 2 aromatic carbocycles. The summed E-state index contributed by atoms with van der Waals surface area (Å²) in [7, 11) is 0. The van der Waals surface area contributed by atoms with Gasteiger partial charge in [-0.05, 0) is 86.4 Å².